The van der Waals surface area contributed by atoms with Crippen LogP contribution in [-0.4, -0.2) is 38.1 Å². The molecule has 0 saturated heterocycles. The molecular formula is C10H12N2O2S. The zero-order chi connectivity index (χ0) is 10.7. The van der Waals surface area contributed by atoms with Crippen LogP contribution in [0.15, 0.2) is 35.7 Å². The van der Waals surface area contributed by atoms with Crippen molar-refractivity contribution in [3.63, 3.8) is 0 Å². The number of imidazole rings is 1. The number of hydrogen-bond donors (Lipinski definition) is 2. The van der Waals surface area contributed by atoms with Crippen LogP contribution in [0.3, 0.4) is 0 Å². The van der Waals surface area contributed by atoms with Gasteiger partial charge in [-0.15, -0.1) is 0 Å². The smallest absolute Gasteiger partial charge is 0.172 e. The van der Waals surface area contributed by atoms with Gasteiger partial charge in [0, 0.05) is 11.9 Å². The summed E-state index contributed by atoms with van der Waals surface area (Å²) in [6.45, 7) is -0.212. The van der Waals surface area contributed by atoms with E-state index in [0.29, 0.717) is 5.75 Å². The summed E-state index contributed by atoms with van der Waals surface area (Å²) >= 11 is 1.43. The summed E-state index contributed by atoms with van der Waals surface area (Å²) in [6, 6.07) is 5.86. The maximum absolute atomic E-state index is 9.22. The average molecular weight is 224 g/mol. The third kappa shape index (κ3) is 2.31. The van der Waals surface area contributed by atoms with E-state index in [-0.39, 0.29) is 6.61 Å². The van der Waals surface area contributed by atoms with Crippen molar-refractivity contribution in [2.75, 3.05) is 12.4 Å². The van der Waals surface area contributed by atoms with Gasteiger partial charge in [0.25, 0.3) is 0 Å². The number of fused-ring (bicyclic) bond motifs is 1. The first-order valence-electron chi connectivity index (χ1n) is 4.65. The molecule has 0 aliphatic heterocycles. The first-order valence-corrected chi connectivity index (χ1v) is 5.63. The molecule has 0 fully saturated rings. The lowest BCUT2D eigenvalue weighted by Gasteiger charge is -2.05. The lowest BCUT2D eigenvalue weighted by molar-refractivity contribution is 0.113. The minimum absolute atomic E-state index is 0.212. The van der Waals surface area contributed by atoms with Gasteiger partial charge >= 0.3 is 0 Å². The van der Waals surface area contributed by atoms with Gasteiger partial charge in [0.1, 0.15) is 0 Å². The van der Waals surface area contributed by atoms with Crippen LogP contribution < -0.4 is 0 Å². The number of nitrogens with zero attached hydrogens (tertiary/aromatic N) is 2. The van der Waals surface area contributed by atoms with Crippen molar-refractivity contribution >= 4 is 17.3 Å². The van der Waals surface area contributed by atoms with Crippen LogP contribution in [0.5, 0.6) is 0 Å². The SMILES string of the molecule is OCC(O)CSc1ncc2ccccn12. The Bertz CT molecular complexity index is 444. The highest BCUT2D eigenvalue weighted by atomic mass is 32.2. The Kier molecular flexibility index (Phi) is 3.25. The summed E-state index contributed by atoms with van der Waals surface area (Å²) in [5, 5.41) is 18.7. The molecule has 0 radical (unpaired) electrons. The molecule has 4 nitrogen and oxygen atoms in total. The molecule has 0 bridgehead atoms. The minimum atomic E-state index is -0.689. The second-order valence-corrected chi connectivity index (χ2v) is 4.17. The average Bonchev–Trinajstić information content (AvgIpc) is 2.69. The quantitative estimate of drug-likeness (QED) is 0.753. The molecule has 2 aromatic rings. The van der Waals surface area contributed by atoms with Crippen LogP contribution in [0, 0.1) is 0 Å². The Balaban J connectivity index is 2.14. The summed E-state index contributed by atoms with van der Waals surface area (Å²) in [6.07, 6.45) is 3.02. The highest BCUT2D eigenvalue weighted by Crippen LogP contribution is 2.18. The Morgan fingerprint density at radius 2 is 2.33 bits per heavy atom. The molecule has 5 heteroatoms. The fraction of sp³-hybridized carbons (Fsp3) is 0.300. The molecule has 0 aliphatic carbocycles. The topological polar surface area (TPSA) is 57.8 Å². The molecule has 0 amide bonds. The van der Waals surface area contributed by atoms with Crippen molar-refractivity contribution < 1.29 is 10.2 Å². The standard InChI is InChI=1S/C10H12N2O2S/c13-6-9(14)7-15-10-11-5-8-3-1-2-4-12(8)10/h1-5,9,13-14H,6-7H2. The van der Waals surface area contributed by atoms with Gasteiger partial charge in [-0.1, -0.05) is 17.8 Å². The van der Waals surface area contributed by atoms with Gasteiger partial charge in [-0.2, -0.15) is 0 Å². The van der Waals surface area contributed by atoms with Crippen LogP contribution in [0.25, 0.3) is 5.52 Å². The van der Waals surface area contributed by atoms with Gasteiger partial charge in [-0.05, 0) is 12.1 Å². The zero-order valence-electron chi connectivity index (χ0n) is 8.08. The third-order valence-electron chi connectivity index (χ3n) is 2.02. The predicted octanol–water partition coefficient (Wildman–Crippen LogP) is 0.780. The number of aromatic nitrogens is 2. The predicted molar refractivity (Wildman–Crippen MR) is 59.0 cm³/mol. The van der Waals surface area contributed by atoms with Crippen molar-refractivity contribution in [1.29, 1.82) is 0 Å². The Hall–Kier alpha value is -1.04. The highest BCUT2D eigenvalue weighted by molar-refractivity contribution is 7.99. The molecule has 80 valence electrons. The largest absolute Gasteiger partial charge is 0.394 e. The van der Waals surface area contributed by atoms with Gasteiger partial charge in [-0.25, -0.2) is 4.98 Å². The van der Waals surface area contributed by atoms with Crippen molar-refractivity contribution in [3.8, 4) is 0 Å². The number of hydrogen-bond acceptors (Lipinski definition) is 4. The van der Waals surface area contributed by atoms with E-state index in [1.54, 1.807) is 6.20 Å². The molecule has 15 heavy (non-hydrogen) atoms. The molecule has 2 rings (SSSR count). The van der Waals surface area contributed by atoms with E-state index in [2.05, 4.69) is 4.98 Å². The van der Waals surface area contributed by atoms with Crippen molar-refractivity contribution in [2.24, 2.45) is 0 Å². The fourth-order valence-electron chi connectivity index (χ4n) is 1.25. The zero-order valence-corrected chi connectivity index (χ0v) is 8.89. The summed E-state index contributed by atoms with van der Waals surface area (Å²) in [5.41, 5.74) is 1.03. The van der Waals surface area contributed by atoms with Crippen LogP contribution in [0.2, 0.25) is 0 Å². The number of pyridine rings is 1. The van der Waals surface area contributed by atoms with Gasteiger partial charge < -0.3 is 10.2 Å². The summed E-state index contributed by atoms with van der Waals surface area (Å²) < 4.78 is 1.95. The number of rotatable bonds is 4. The molecule has 0 aliphatic rings. The monoisotopic (exact) mass is 224 g/mol. The van der Waals surface area contributed by atoms with Gasteiger partial charge in [0.2, 0.25) is 0 Å². The first-order chi connectivity index (χ1) is 7.31. The molecule has 2 aromatic heterocycles. The molecule has 1 atom stereocenters. The maximum atomic E-state index is 9.22. The first kappa shape index (κ1) is 10.5. The van der Waals surface area contributed by atoms with E-state index in [4.69, 9.17) is 5.11 Å². The van der Waals surface area contributed by atoms with E-state index >= 15 is 0 Å². The molecule has 0 spiro atoms. The Morgan fingerprint density at radius 3 is 3.13 bits per heavy atom. The van der Waals surface area contributed by atoms with Gasteiger partial charge in [0.15, 0.2) is 5.16 Å². The van der Waals surface area contributed by atoms with Gasteiger partial charge in [0.05, 0.1) is 24.4 Å². The van der Waals surface area contributed by atoms with Crippen molar-refractivity contribution in [2.45, 2.75) is 11.3 Å². The van der Waals surface area contributed by atoms with E-state index in [1.807, 2.05) is 28.8 Å². The molecule has 0 aromatic carbocycles. The van der Waals surface area contributed by atoms with E-state index in [9.17, 15) is 5.11 Å². The fourth-order valence-corrected chi connectivity index (χ4v) is 2.13. The normalized spacial score (nSPS) is 13.2. The third-order valence-corrected chi connectivity index (χ3v) is 3.13. The molecular weight excluding hydrogens is 212 g/mol. The summed E-state index contributed by atoms with van der Waals surface area (Å²) in [7, 11) is 0. The number of thioether (sulfide) groups is 1. The number of aliphatic hydroxyl groups excluding tert-OH is 2. The van der Waals surface area contributed by atoms with Crippen molar-refractivity contribution in [1.82, 2.24) is 9.38 Å². The van der Waals surface area contributed by atoms with E-state index in [1.165, 1.54) is 11.8 Å². The van der Waals surface area contributed by atoms with Crippen LogP contribution in [0.1, 0.15) is 0 Å². The molecule has 0 saturated carbocycles. The lowest BCUT2D eigenvalue weighted by atomic mass is 10.4. The second kappa shape index (κ2) is 4.65. The molecule has 2 N–H and O–H groups in total. The minimum Gasteiger partial charge on any atom is -0.394 e. The van der Waals surface area contributed by atoms with Crippen LogP contribution in [0.4, 0.5) is 0 Å². The highest BCUT2D eigenvalue weighted by Gasteiger charge is 2.07. The lowest BCUT2D eigenvalue weighted by Crippen LogP contribution is -2.14. The molecule has 1 unspecified atom stereocenters. The number of aliphatic hydroxyl groups is 2. The molecule has 2 heterocycles. The summed E-state index contributed by atoms with van der Waals surface area (Å²) in [5.74, 6) is 0.449. The van der Waals surface area contributed by atoms with Gasteiger partial charge in [-0.3, -0.25) is 4.40 Å². The van der Waals surface area contributed by atoms with Crippen molar-refractivity contribution in [3.05, 3.63) is 30.6 Å². The van der Waals surface area contributed by atoms with E-state index in [0.717, 1.165) is 10.7 Å². The van der Waals surface area contributed by atoms with Crippen LogP contribution >= 0.6 is 11.8 Å². The van der Waals surface area contributed by atoms with E-state index < -0.39 is 6.10 Å². The van der Waals surface area contributed by atoms with Crippen LogP contribution in [-0.2, 0) is 0 Å². The Labute approximate surface area is 91.6 Å². The Morgan fingerprint density at radius 1 is 1.47 bits per heavy atom. The summed E-state index contributed by atoms with van der Waals surface area (Å²) in [4.78, 5) is 4.23. The second-order valence-electron chi connectivity index (χ2n) is 3.18. The maximum Gasteiger partial charge on any atom is 0.172 e.